The van der Waals surface area contributed by atoms with Crippen LogP contribution in [0.5, 0.6) is 0 Å². The van der Waals surface area contributed by atoms with Crippen molar-refractivity contribution in [1.82, 2.24) is 5.01 Å². The van der Waals surface area contributed by atoms with Gasteiger partial charge in [-0.3, -0.25) is 14.6 Å². The van der Waals surface area contributed by atoms with E-state index in [2.05, 4.69) is 0 Å². The first-order chi connectivity index (χ1) is 15.0. The first-order valence-corrected chi connectivity index (χ1v) is 10.5. The van der Waals surface area contributed by atoms with Crippen LogP contribution in [0.3, 0.4) is 0 Å². The zero-order chi connectivity index (χ0) is 21.7. The number of carbonyl (C=O) groups excluding carboxylic acids is 2. The van der Waals surface area contributed by atoms with Gasteiger partial charge >= 0.3 is 0 Å². The van der Waals surface area contributed by atoms with E-state index in [4.69, 9.17) is 28.3 Å². The monoisotopic (exact) mass is 446 g/mol. The molecular formula is C25H16Cl2N2O2. The molecule has 0 amide bonds. The van der Waals surface area contributed by atoms with E-state index in [1.165, 1.54) is 0 Å². The molecule has 0 spiro atoms. The molecule has 31 heavy (non-hydrogen) atoms. The molecule has 1 unspecified atom stereocenters. The zero-order valence-corrected chi connectivity index (χ0v) is 18.0. The van der Waals surface area contributed by atoms with Gasteiger partial charge in [-0.2, -0.15) is 5.10 Å². The average Bonchev–Trinajstić information content (AvgIpc) is 2.78. The van der Waals surface area contributed by atoms with Crippen LogP contribution >= 0.6 is 23.2 Å². The highest BCUT2D eigenvalue weighted by molar-refractivity contribution is 6.53. The summed E-state index contributed by atoms with van der Waals surface area (Å²) in [6.07, 6.45) is 0. The van der Waals surface area contributed by atoms with Gasteiger partial charge in [0.2, 0.25) is 11.6 Å². The molecular weight excluding hydrogens is 431 g/mol. The van der Waals surface area contributed by atoms with Crippen molar-refractivity contribution in [2.75, 3.05) is 7.05 Å². The molecule has 2 aliphatic rings. The lowest BCUT2D eigenvalue weighted by molar-refractivity contribution is -0.112. The fraction of sp³-hybridized carbons (Fsp3) is 0.0800. The van der Waals surface area contributed by atoms with Crippen LogP contribution < -0.4 is 0 Å². The molecule has 4 nitrogen and oxygen atoms in total. The number of halogens is 2. The van der Waals surface area contributed by atoms with Crippen LogP contribution in [0, 0.1) is 0 Å². The summed E-state index contributed by atoms with van der Waals surface area (Å²) in [5, 5.41) is 7.74. The maximum Gasteiger partial charge on any atom is 0.233 e. The Morgan fingerprint density at radius 1 is 0.774 bits per heavy atom. The number of ketones is 2. The lowest BCUT2D eigenvalue weighted by atomic mass is 9.74. The smallest absolute Gasteiger partial charge is 0.233 e. The van der Waals surface area contributed by atoms with Gasteiger partial charge in [0.05, 0.1) is 17.3 Å². The van der Waals surface area contributed by atoms with Gasteiger partial charge < -0.3 is 0 Å². The van der Waals surface area contributed by atoms with E-state index in [0.717, 1.165) is 11.1 Å². The SMILES string of the molecule is CN1N=C(c2ccc(Cl)cc2)C(c2ccc(Cl)cc2)C2=C1c1ccccc1C(=O)C2=O. The van der Waals surface area contributed by atoms with E-state index >= 15 is 0 Å². The Labute approximate surface area is 189 Å². The molecule has 5 rings (SSSR count). The van der Waals surface area contributed by atoms with Crippen LogP contribution in [0.15, 0.2) is 83.5 Å². The topological polar surface area (TPSA) is 49.7 Å². The number of hydrogen-bond donors (Lipinski definition) is 0. The average molecular weight is 447 g/mol. The quantitative estimate of drug-likeness (QED) is 0.481. The molecule has 6 heteroatoms. The van der Waals surface area contributed by atoms with E-state index in [1.807, 2.05) is 36.4 Å². The number of hydrogen-bond acceptors (Lipinski definition) is 4. The van der Waals surface area contributed by atoms with Crippen LogP contribution in [0.1, 0.15) is 33.0 Å². The molecule has 0 saturated heterocycles. The van der Waals surface area contributed by atoms with Gasteiger partial charge in [-0.1, -0.05) is 71.7 Å². The van der Waals surface area contributed by atoms with Crippen molar-refractivity contribution in [2.24, 2.45) is 5.10 Å². The standard InChI is InChI=1S/C25H16Cl2N2O2/c1-29-23-18-4-2-3-5-19(18)24(30)25(31)21(23)20(14-6-10-16(26)11-7-14)22(28-29)15-8-12-17(27)13-9-15/h2-13,20H,1H3. The minimum absolute atomic E-state index is 0.401. The molecule has 0 saturated carbocycles. The van der Waals surface area contributed by atoms with Crippen molar-refractivity contribution in [3.8, 4) is 0 Å². The van der Waals surface area contributed by atoms with E-state index in [-0.39, 0.29) is 0 Å². The Bertz CT molecular complexity index is 1290. The first-order valence-electron chi connectivity index (χ1n) is 9.72. The predicted molar refractivity (Wildman–Crippen MR) is 123 cm³/mol. The molecule has 1 aliphatic carbocycles. The van der Waals surface area contributed by atoms with Crippen LogP contribution in [-0.2, 0) is 4.79 Å². The number of hydrazone groups is 1. The van der Waals surface area contributed by atoms with Crippen molar-refractivity contribution < 1.29 is 9.59 Å². The molecule has 0 fully saturated rings. The Hall–Kier alpha value is -3.21. The molecule has 3 aromatic rings. The third-order valence-electron chi connectivity index (χ3n) is 5.62. The Morgan fingerprint density at radius 2 is 1.35 bits per heavy atom. The summed E-state index contributed by atoms with van der Waals surface area (Å²) in [5.41, 5.74) is 4.51. The highest BCUT2D eigenvalue weighted by atomic mass is 35.5. The maximum absolute atomic E-state index is 13.4. The fourth-order valence-corrected chi connectivity index (χ4v) is 4.48. The summed E-state index contributed by atoms with van der Waals surface area (Å²) >= 11 is 12.2. The summed E-state index contributed by atoms with van der Waals surface area (Å²) in [5.74, 6) is -1.53. The van der Waals surface area contributed by atoms with Gasteiger partial charge in [0.25, 0.3) is 0 Å². The van der Waals surface area contributed by atoms with Crippen molar-refractivity contribution >= 4 is 46.2 Å². The number of carbonyl (C=O) groups is 2. The molecule has 152 valence electrons. The third-order valence-corrected chi connectivity index (χ3v) is 6.12. The molecule has 0 N–H and O–H groups in total. The van der Waals surface area contributed by atoms with Crippen LogP contribution in [0.2, 0.25) is 10.0 Å². The van der Waals surface area contributed by atoms with E-state index < -0.39 is 17.5 Å². The van der Waals surface area contributed by atoms with Crippen molar-refractivity contribution in [3.05, 3.63) is 111 Å². The number of benzene rings is 3. The molecule has 1 heterocycles. The van der Waals surface area contributed by atoms with Crippen molar-refractivity contribution in [1.29, 1.82) is 0 Å². The second-order valence-corrected chi connectivity index (χ2v) is 8.34. The molecule has 0 aromatic heterocycles. The zero-order valence-electron chi connectivity index (χ0n) is 16.5. The van der Waals surface area contributed by atoms with Crippen molar-refractivity contribution in [3.63, 3.8) is 0 Å². The van der Waals surface area contributed by atoms with Crippen LogP contribution in [-0.4, -0.2) is 29.3 Å². The summed E-state index contributed by atoms with van der Waals surface area (Å²) < 4.78 is 0. The lowest BCUT2D eigenvalue weighted by Crippen LogP contribution is -2.37. The number of allylic oxidation sites excluding steroid dienone is 1. The highest BCUT2D eigenvalue weighted by Crippen LogP contribution is 2.43. The van der Waals surface area contributed by atoms with Crippen LogP contribution in [0.25, 0.3) is 5.70 Å². The second-order valence-electron chi connectivity index (χ2n) is 7.47. The highest BCUT2D eigenvalue weighted by Gasteiger charge is 2.43. The fourth-order valence-electron chi connectivity index (χ4n) is 4.23. The number of Topliss-reactive ketones (excluding diaryl/α,β-unsaturated/α-hetero) is 2. The second kappa shape index (κ2) is 7.49. The molecule has 0 radical (unpaired) electrons. The normalized spacial score (nSPS) is 18.0. The van der Waals surface area contributed by atoms with E-state index in [0.29, 0.717) is 38.2 Å². The lowest BCUT2D eigenvalue weighted by Gasteiger charge is -2.36. The third kappa shape index (κ3) is 3.19. The first kappa shape index (κ1) is 19.7. The van der Waals surface area contributed by atoms with Gasteiger partial charge in [-0.25, -0.2) is 0 Å². The maximum atomic E-state index is 13.4. The van der Waals surface area contributed by atoms with Crippen molar-refractivity contribution in [2.45, 2.75) is 5.92 Å². The number of fused-ring (bicyclic) bond motifs is 2. The van der Waals surface area contributed by atoms with Gasteiger partial charge in [-0.05, 0) is 35.4 Å². The predicted octanol–water partition coefficient (Wildman–Crippen LogP) is 5.60. The summed E-state index contributed by atoms with van der Waals surface area (Å²) in [6, 6.07) is 21.7. The number of nitrogens with zero attached hydrogens (tertiary/aromatic N) is 2. The van der Waals surface area contributed by atoms with Gasteiger partial charge in [0, 0.05) is 33.8 Å². The molecule has 1 aliphatic heterocycles. The van der Waals surface area contributed by atoms with Gasteiger partial charge in [0.1, 0.15) is 0 Å². The van der Waals surface area contributed by atoms with Gasteiger partial charge in [0.15, 0.2) is 0 Å². The molecule has 3 aromatic carbocycles. The minimum atomic E-state index is -0.519. The van der Waals surface area contributed by atoms with E-state index in [9.17, 15) is 9.59 Å². The molecule has 0 bridgehead atoms. The Kier molecular flexibility index (Phi) is 4.77. The summed E-state index contributed by atoms with van der Waals surface area (Å²) in [7, 11) is 1.79. The Balaban J connectivity index is 1.79. The van der Waals surface area contributed by atoms with Gasteiger partial charge in [-0.15, -0.1) is 0 Å². The van der Waals surface area contributed by atoms with Crippen LogP contribution in [0.4, 0.5) is 0 Å². The summed E-state index contributed by atoms with van der Waals surface area (Å²) in [6.45, 7) is 0. The van der Waals surface area contributed by atoms with E-state index in [1.54, 1.807) is 48.5 Å². The minimum Gasteiger partial charge on any atom is -0.285 e. The largest absolute Gasteiger partial charge is 0.285 e. The Morgan fingerprint density at radius 3 is 2.00 bits per heavy atom. The summed E-state index contributed by atoms with van der Waals surface area (Å²) in [4.78, 5) is 26.4. The number of rotatable bonds is 2. The molecule has 1 atom stereocenters.